The minimum absolute atomic E-state index is 0.145. The van der Waals surface area contributed by atoms with Gasteiger partial charge in [-0.2, -0.15) is 5.10 Å². The molecule has 1 N–H and O–H groups in total. The van der Waals surface area contributed by atoms with Gasteiger partial charge in [0, 0.05) is 25.4 Å². The first-order chi connectivity index (χ1) is 16.8. The van der Waals surface area contributed by atoms with E-state index >= 15 is 0 Å². The number of fused-ring (bicyclic) bond motifs is 1. The summed E-state index contributed by atoms with van der Waals surface area (Å²) >= 11 is 0. The van der Waals surface area contributed by atoms with Crippen molar-refractivity contribution in [2.75, 3.05) is 30.9 Å². The van der Waals surface area contributed by atoms with Gasteiger partial charge in [-0.05, 0) is 31.0 Å². The zero-order valence-electron chi connectivity index (χ0n) is 19.7. The Hall–Kier alpha value is -3.50. The van der Waals surface area contributed by atoms with Gasteiger partial charge in [0.05, 0.1) is 29.5 Å². The summed E-state index contributed by atoms with van der Waals surface area (Å²) in [6, 6.07) is 15.3. The SMILES string of the molecule is CCOC(=O)c1nn(Cc2ccccc2)cc1CCN[C@H]1CS(=O)(=O)c2ccccc2N(C)C1=O. The Kier molecular flexibility index (Phi) is 7.32. The molecule has 9 nitrogen and oxygen atoms in total. The molecular formula is C25H28N4O5S. The fraction of sp³-hybridized carbons (Fsp3) is 0.320. The summed E-state index contributed by atoms with van der Waals surface area (Å²) in [6.07, 6.45) is 2.15. The third-order valence-electron chi connectivity index (χ3n) is 5.86. The van der Waals surface area contributed by atoms with Gasteiger partial charge in [0.1, 0.15) is 6.04 Å². The van der Waals surface area contributed by atoms with Crippen LogP contribution in [0.3, 0.4) is 0 Å². The van der Waals surface area contributed by atoms with Crippen LogP contribution in [-0.2, 0) is 32.3 Å². The number of anilines is 1. The second-order valence-electron chi connectivity index (χ2n) is 8.31. The van der Waals surface area contributed by atoms with E-state index in [1.54, 1.807) is 43.0 Å². The largest absolute Gasteiger partial charge is 0.461 e. The van der Waals surface area contributed by atoms with Crippen molar-refractivity contribution in [2.45, 2.75) is 30.8 Å². The molecule has 0 saturated heterocycles. The third kappa shape index (κ3) is 5.44. The van der Waals surface area contributed by atoms with Gasteiger partial charge >= 0.3 is 5.97 Å². The van der Waals surface area contributed by atoms with E-state index in [0.29, 0.717) is 24.2 Å². The van der Waals surface area contributed by atoms with Crippen LogP contribution in [0.15, 0.2) is 65.7 Å². The normalized spacial score (nSPS) is 17.0. The molecule has 1 aliphatic rings. The fourth-order valence-corrected chi connectivity index (χ4v) is 5.81. The molecule has 0 spiro atoms. The minimum Gasteiger partial charge on any atom is -0.461 e. The highest BCUT2D eigenvalue weighted by atomic mass is 32.2. The number of esters is 1. The molecule has 0 saturated carbocycles. The Bertz CT molecular complexity index is 1320. The molecule has 3 aromatic rings. The molecule has 0 unspecified atom stereocenters. The van der Waals surface area contributed by atoms with Crippen molar-refractivity contribution in [1.82, 2.24) is 15.1 Å². The van der Waals surface area contributed by atoms with Gasteiger partial charge < -0.3 is 15.0 Å². The van der Waals surface area contributed by atoms with Crippen molar-refractivity contribution >= 4 is 27.4 Å². The number of para-hydroxylation sites is 1. The number of nitrogens with one attached hydrogen (secondary N) is 1. The molecule has 2 aromatic carbocycles. The number of benzene rings is 2. The fourth-order valence-electron chi connectivity index (χ4n) is 4.13. The van der Waals surface area contributed by atoms with Gasteiger partial charge in [0.15, 0.2) is 15.5 Å². The van der Waals surface area contributed by atoms with Crippen molar-refractivity contribution in [3.63, 3.8) is 0 Å². The zero-order chi connectivity index (χ0) is 25.0. The first kappa shape index (κ1) is 24.6. The molecule has 0 fully saturated rings. The van der Waals surface area contributed by atoms with Crippen LogP contribution >= 0.6 is 0 Å². The molecule has 1 aromatic heterocycles. The number of hydrogen-bond donors (Lipinski definition) is 1. The number of hydrogen-bond acceptors (Lipinski definition) is 7. The average Bonchev–Trinajstić information content (AvgIpc) is 3.23. The highest BCUT2D eigenvalue weighted by Crippen LogP contribution is 2.29. The summed E-state index contributed by atoms with van der Waals surface area (Å²) in [4.78, 5) is 27.0. The lowest BCUT2D eigenvalue weighted by Gasteiger charge is -2.21. The molecule has 10 heteroatoms. The number of sulfone groups is 1. The van der Waals surface area contributed by atoms with Crippen LogP contribution in [0.25, 0.3) is 0 Å². The lowest BCUT2D eigenvalue weighted by atomic mass is 10.1. The number of amides is 1. The van der Waals surface area contributed by atoms with Crippen molar-refractivity contribution in [2.24, 2.45) is 0 Å². The molecule has 1 amide bonds. The molecule has 4 rings (SSSR count). The van der Waals surface area contributed by atoms with Gasteiger partial charge in [0.2, 0.25) is 5.91 Å². The summed E-state index contributed by atoms with van der Waals surface area (Å²) in [7, 11) is -2.09. The van der Waals surface area contributed by atoms with Crippen molar-refractivity contribution < 1.29 is 22.7 Å². The topological polar surface area (TPSA) is 111 Å². The molecule has 35 heavy (non-hydrogen) atoms. The highest BCUT2D eigenvalue weighted by Gasteiger charge is 2.35. The number of aromatic nitrogens is 2. The smallest absolute Gasteiger partial charge is 0.359 e. The molecular weight excluding hydrogens is 468 g/mol. The van der Waals surface area contributed by atoms with Gasteiger partial charge in [0.25, 0.3) is 0 Å². The quantitative estimate of drug-likeness (QED) is 0.475. The Labute approximate surface area is 204 Å². The Morgan fingerprint density at radius 3 is 2.60 bits per heavy atom. The summed E-state index contributed by atoms with van der Waals surface area (Å²) in [6.45, 7) is 2.72. The van der Waals surface area contributed by atoms with Crippen LogP contribution < -0.4 is 10.2 Å². The lowest BCUT2D eigenvalue weighted by Crippen LogP contribution is -2.47. The average molecular weight is 497 g/mol. The highest BCUT2D eigenvalue weighted by molar-refractivity contribution is 7.91. The van der Waals surface area contributed by atoms with Crippen LogP contribution in [-0.4, -0.2) is 62.1 Å². The summed E-state index contributed by atoms with van der Waals surface area (Å²) in [5.74, 6) is -1.19. The summed E-state index contributed by atoms with van der Waals surface area (Å²) in [5, 5.41) is 7.50. The number of ether oxygens (including phenoxy) is 1. The summed E-state index contributed by atoms with van der Waals surface area (Å²) < 4.78 is 32.7. The molecule has 0 aliphatic carbocycles. The van der Waals surface area contributed by atoms with Crippen molar-refractivity contribution in [3.8, 4) is 0 Å². The lowest BCUT2D eigenvalue weighted by molar-refractivity contribution is -0.119. The Morgan fingerprint density at radius 1 is 1.14 bits per heavy atom. The van der Waals surface area contributed by atoms with E-state index in [-0.39, 0.29) is 35.4 Å². The maximum atomic E-state index is 13.0. The van der Waals surface area contributed by atoms with Crippen LogP contribution in [0.2, 0.25) is 0 Å². The Balaban J connectivity index is 1.50. The molecule has 0 bridgehead atoms. The predicted octanol–water partition coefficient (Wildman–Crippen LogP) is 2.06. The van der Waals surface area contributed by atoms with E-state index in [0.717, 1.165) is 5.56 Å². The van der Waals surface area contributed by atoms with E-state index in [1.165, 1.54) is 11.0 Å². The second-order valence-corrected chi connectivity index (χ2v) is 10.3. The van der Waals surface area contributed by atoms with Crippen LogP contribution in [0.1, 0.15) is 28.5 Å². The number of nitrogens with zero attached hydrogens (tertiary/aromatic N) is 3. The molecule has 0 radical (unpaired) electrons. The second kappa shape index (κ2) is 10.4. The first-order valence-corrected chi connectivity index (χ1v) is 13.1. The van der Waals surface area contributed by atoms with Crippen molar-refractivity contribution in [1.29, 1.82) is 0 Å². The predicted molar refractivity (Wildman–Crippen MR) is 131 cm³/mol. The third-order valence-corrected chi connectivity index (χ3v) is 7.64. The molecule has 2 heterocycles. The first-order valence-electron chi connectivity index (χ1n) is 11.4. The van der Waals surface area contributed by atoms with Crippen molar-refractivity contribution in [3.05, 3.63) is 77.6 Å². The van der Waals surface area contributed by atoms with E-state index in [1.807, 2.05) is 30.3 Å². The maximum absolute atomic E-state index is 13.0. The number of likely N-dealkylation sites (N-methyl/N-ethyl adjacent to an activating group) is 1. The van der Waals surface area contributed by atoms with Gasteiger partial charge in [-0.3, -0.25) is 9.48 Å². The van der Waals surface area contributed by atoms with E-state index < -0.39 is 21.8 Å². The van der Waals surface area contributed by atoms with Gasteiger partial charge in [-0.1, -0.05) is 42.5 Å². The molecule has 1 atom stereocenters. The summed E-state index contributed by atoms with van der Waals surface area (Å²) in [5.41, 5.74) is 2.28. The van der Waals surface area contributed by atoms with Gasteiger partial charge in [-0.25, -0.2) is 13.2 Å². The van der Waals surface area contributed by atoms with E-state index in [4.69, 9.17) is 4.74 Å². The molecule has 1 aliphatic heterocycles. The maximum Gasteiger partial charge on any atom is 0.359 e. The van der Waals surface area contributed by atoms with E-state index in [9.17, 15) is 18.0 Å². The number of carbonyl (C=O) groups excluding carboxylic acids is 2. The minimum atomic E-state index is -3.66. The van der Waals surface area contributed by atoms with Crippen LogP contribution in [0, 0.1) is 0 Å². The number of carbonyl (C=O) groups is 2. The molecule has 184 valence electrons. The van der Waals surface area contributed by atoms with Gasteiger partial charge in [-0.15, -0.1) is 0 Å². The van der Waals surface area contributed by atoms with E-state index in [2.05, 4.69) is 10.4 Å². The standard InChI is InChI=1S/C25H28N4O5S/c1-3-34-25(31)23-19(16-29(27-23)15-18-9-5-4-6-10-18)13-14-26-20-17-35(32,33)22-12-8-7-11-21(22)28(2)24(20)30/h4-12,16,20,26H,3,13-15,17H2,1-2H3/t20-/m0/s1. The monoisotopic (exact) mass is 496 g/mol. The van der Waals surface area contributed by atoms with Crippen LogP contribution in [0.5, 0.6) is 0 Å². The Morgan fingerprint density at radius 2 is 1.86 bits per heavy atom. The zero-order valence-corrected chi connectivity index (χ0v) is 20.5. The number of rotatable bonds is 8. The van der Waals surface area contributed by atoms with Crippen LogP contribution in [0.4, 0.5) is 5.69 Å².